The third kappa shape index (κ3) is 2.11. The number of β-amino-alcohol motifs (C(OH)–C–C–N with tert-alkyl or cyclic N) is 1. The fourth-order valence-corrected chi connectivity index (χ4v) is 2.02. The topological polar surface area (TPSA) is 47.3 Å². The van der Waals surface area contributed by atoms with Gasteiger partial charge in [-0.3, -0.25) is 0 Å². The van der Waals surface area contributed by atoms with Gasteiger partial charge in [0.1, 0.15) is 6.07 Å². The van der Waals surface area contributed by atoms with Crippen LogP contribution in [0.1, 0.15) is 18.4 Å². The molecule has 1 atom stereocenters. The highest BCUT2D eigenvalue weighted by Gasteiger charge is 2.19. The van der Waals surface area contributed by atoms with Crippen LogP contribution in [0.25, 0.3) is 0 Å². The molecule has 1 aromatic carbocycles. The van der Waals surface area contributed by atoms with Gasteiger partial charge in [-0.15, -0.1) is 0 Å². The molecule has 1 aliphatic heterocycles. The van der Waals surface area contributed by atoms with E-state index in [1.54, 1.807) is 0 Å². The van der Waals surface area contributed by atoms with Crippen LogP contribution in [0.5, 0.6) is 0 Å². The quantitative estimate of drug-likeness (QED) is 0.751. The van der Waals surface area contributed by atoms with E-state index in [0.29, 0.717) is 12.1 Å². The van der Waals surface area contributed by atoms with E-state index in [9.17, 15) is 5.11 Å². The summed E-state index contributed by atoms with van der Waals surface area (Å²) in [7, 11) is 0. The van der Waals surface area contributed by atoms with Gasteiger partial charge in [0.2, 0.25) is 0 Å². The number of nitrogens with zero attached hydrogens (tertiary/aromatic N) is 2. The van der Waals surface area contributed by atoms with Crippen LogP contribution in [0.4, 0.5) is 5.69 Å². The van der Waals surface area contributed by atoms with Crippen LogP contribution in [0, 0.1) is 11.3 Å². The van der Waals surface area contributed by atoms with Crippen LogP contribution >= 0.6 is 0 Å². The van der Waals surface area contributed by atoms with Crippen LogP contribution in [-0.2, 0) is 0 Å². The zero-order valence-corrected chi connectivity index (χ0v) is 8.56. The first kappa shape index (κ1) is 10.0. The van der Waals surface area contributed by atoms with Crippen molar-refractivity contribution >= 4 is 5.69 Å². The highest BCUT2D eigenvalue weighted by Crippen LogP contribution is 2.23. The maximum absolute atomic E-state index is 9.58. The minimum Gasteiger partial charge on any atom is -0.391 e. The van der Waals surface area contributed by atoms with E-state index < -0.39 is 0 Å². The Morgan fingerprint density at radius 3 is 2.93 bits per heavy atom. The summed E-state index contributed by atoms with van der Waals surface area (Å²) in [5, 5.41) is 18.6. The highest BCUT2D eigenvalue weighted by molar-refractivity contribution is 5.59. The van der Waals surface area contributed by atoms with Crippen molar-refractivity contribution in [2.75, 3.05) is 18.0 Å². The average Bonchev–Trinajstić information content (AvgIpc) is 2.29. The second-order valence-electron chi connectivity index (χ2n) is 3.87. The minimum atomic E-state index is -0.259. The maximum Gasteiger partial charge on any atom is 0.101 e. The van der Waals surface area contributed by atoms with Gasteiger partial charge in [-0.05, 0) is 25.0 Å². The molecule has 0 radical (unpaired) electrons. The third-order valence-electron chi connectivity index (χ3n) is 2.76. The van der Waals surface area contributed by atoms with Crippen LogP contribution in [0.3, 0.4) is 0 Å². The minimum absolute atomic E-state index is 0.259. The number of para-hydroxylation sites is 1. The lowest BCUT2D eigenvalue weighted by molar-refractivity contribution is 0.154. The van der Waals surface area contributed by atoms with Gasteiger partial charge in [-0.1, -0.05) is 12.1 Å². The van der Waals surface area contributed by atoms with Crippen molar-refractivity contribution in [1.29, 1.82) is 5.26 Å². The first-order valence-corrected chi connectivity index (χ1v) is 5.23. The van der Waals surface area contributed by atoms with Crippen molar-refractivity contribution in [3.8, 4) is 6.07 Å². The number of aliphatic hydroxyl groups is 1. The van der Waals surface area contributed by atoms with Crippen molar-refractivity contribution in [3.63, 3.8) is 0 Å². The summed E-state index contributed by atoms with van der Waals surface area (Å²) in [6.07, 6.45) is 1.59. The molecule has 0 aliphatic carbocycles. The third-order valence-corrected chi connectivity index (χ3v) is 2.76. The molecule has 78 valence electrons. The SMILES string of the molecule is N#Cc1ccccc1N1CCC[C@H](O)C1. The van der Waals surface area contributed by atoms with Crippen molar-refractivity contribution < 1.29 is 5.11 Å². The molecule has 0 unspecified atom stereocenters. The number of rotatable bonds is 1. The van der Waals surface area contributed by atoms with E-state index in [-0.39, 0.29) is 6.10 Å². The first-order valence-electron chi connectivity index (χ1n) is 5.23. The predicted molar refractivity (Wildman–Crippen MR) is 58.6 cm³/mol. The number of hydrogen-bond donors (Lipinski definition) is 1. The van der Waals surface area contributed by atoms with Crippen molar-refractivity contribution in [1.82, 2.24) is 0 Å². The summed E-state index contributed by atoms with van der Waals surface area (Å²) >= 11 is 0. The molecule has 1 saturated heterocycles. The number of benzene rings is 1. The van der Waals surface area contributed by atoms with E-state index in [2.05, 4.69) is 11.0 Å². The second-order valence-corrected chi connectivity index (χ2v) is 3.87. The molecular weight excluding hydrogens is 188 g/mol. The second kappa shape index (κ2) is 4.33. The molecule has 1 fully saturated rings. The number of hydrogen-bond acceptors (Lipinski definition) is 3. The Kier molecular flexibility index (Phi) is 2.89. The molecule has 3 nitrogen and oxygen atoms in total. The summed E-state index contributed by atoms with van der Waals surface area (Å²) < 4.78 is 0. The van der Waals surface area contributed by atoms with Crippen LogP contribution in [0.15, 0.2) is 24.3 Å². The highest BCUT2D eigenvalue weighted by atomic mass is 16.3. The van der Waals surface area contributed by atoms with E-state index in [0.717, 1.165) is 25.1 Å². The van der Waals surface area contributed by atoms with Gasteiger partial charge in [0.05, 0.1) is 17.4 Å². The summed E-state index contributed by atoms with van der Waals surface area (Å²) in [4.78, 5) is 2.09. The van der Waals surface area contributed by atoms with Gasteiger partial charge in [-0.25, -0.2) is 0 Å². The summed E-state index contributed by atoms with van der Waals surface area (Å²) in [6.45, 7) is 1.56. The van der Waals surface area contributed by atoms with E-state index >= 15 is 0 Å². The molecule has 0 bridgehead atoms. The molecule has 1 aliphatic rings. The van der Waals surface area contributed by atoms with Crippen molar-refractivity contribution in [3.05, 3.63) is 29.8 Å². The summed E-state index contributed by atoms with van der Waals surface area (Å²) in [5.74, 6) is 0. The van der Waals surface area contributed by atoms with Crippen molar-refractivity contribution in [2.24, 2.45) is 0 Å². The molecular formula is C12H14N2O. The molecule has 0 spiro atoms. The van der Waals surface area contributed by atoms with Gasteiger partial charge in [0.15, 0.2) is 0 Å². The number of nitriles is 1. The molecule has 1 N–H and O–H groups in total. The molecule has 3 heteroatoms. The Labute approximate surface area is 89.6 Å². The Balaban J connectivity index is 2.25. The Morgan fingerprint density at radius 1 is 1.40 bits per heavy atom. The molecule has 0 amide bonds. The zero-order chi connectivity index (χ0) is 10.7. The van der Waals surface area contributed by atoms with Crippen LogP contribution < -0.4 is 4.90 Å². The molecule has 0 saturated carbocycles. The van der Waals surface area contributed by atoms with Gasteiger partial charge in [0.25, 0.3) is 0 Å². The normalized spacial score (nSPS) is 21.1. The smallest absolute Gasteiger partial charge is 0.101 e. The van der Waals surface area contributed by atoms with Gasteiger partial charge in [-0.2, -0.15) is 5.26 Å². The zero-order valence-electron chi connectivity index (χ0n) is 8.56. The average molecular weight is 202 g/mol. The van der Waals surface area contributed by atoms with Crippen LogP contribution in [-0.4, -0.2) is 24.3 Å². The number of piperidine rings is 1. The lowest BCUT2D eigenvalue weighted by Crippen LogP contribution is -2.38. The lowest BCUT2D eigenvalue weighted by atomic mass is 10.1. The molecule has 1 aromatic rings. The Hall–Kier alpha value is -1.53. The number of aliphatic hydroxyl groups excluding tert-OH is 1. The molecule has 15 heavy (non-hydrogen) atoms. The Morgan fingerprint density at radius 2 is 2.20 bits per heavy atom. The Bertz CT molecular complexity index is 383. The number of anilines is 1. The van der Waals surface area contributed by atoms with Gasteiger partial charge < -0.3 is 10.0 Å². The van der Waals surface area contributed by atoms with Gasteiger partial charge >= 0.3 is 0 Å². The predicted octanol–water partition coefficient (Wildman–Crippen LogP) is 1.52. The fraction of sp³-hybridized carbons (Fsp3) is 0.417. The van der Waals surface area contributed by atoms with Crippen molar-refractivity contribution in [2.45, 2.75) is 18.9 Å². The monoisotopic (exact) mass is 202 g/mol. The first-order chi connectivity index (χ1) is 7.31. The molecule has 2 rings (SSSR count). The lowest BCUT2D eigenvalue weighted by Gasteiger charge is -2.32. The van der Waals surface area contributed by atoms with E-state index in [1.807, 2.05) is 24.3 Å². The summed E-state index contributed by atoms with van der Waals surface area (Å²) in [5.41, 5.74) is 1.63. The van der Waals surface area contributed by atoms with E-state index in [1.165, 1.54) is 0 Å². The molecule has 1 heterocycles. The van der Waals surface area contributed by atoms with Crippen LogP contribution in [0.2, 0.25) is 0 Å². The standard InChI is InChI=1S/C12H14N2O/c13-8-10-4-1-2-6-12(10)14-7-3-5-11(15)9-14/h1-2,4,6,11,15H,3,5,7,9H2/t11-/m0/s1. The summed E-state index contributed by atoms with van der Waals surface area (Å²) in [6, 6.07) is 9.73. The maximum atomic E-state index is 9.58. The van der Waals surface area contributed by atoms with Gasteiger partial charge in [0, 0.05) is 13.1 Å². The largest absolute Gasteiger partial charge is 0.391 e. The fourth-order valence-electron chi connectivity index (χ4n) is 2.02. The molecule has 0 aromatic heterocycles. The van der Waals surface area contributed by atoms with E-state index in [4.69, 9.17) is 5.26 Å².